The lowest BCUT2D eigenvalue weighted by atomic mass is 10.2. The average molecular weight is 354 g/mol. The molecule has 0 atom stereocenters. The van der Waals surface area contributed by atoms with Gasteiger partial charge in [-0.3, -0.25) is 0 Å². The van der Waals surface area contributed by atoms with Crippen molar-refractivity contribution >= 4 is 15.7 Å². The largest absolute Gasteiger partial charge is 0.379 e. The Morgan fingerprint density at radius 2 is 1.96 bits per heavy atom. The zero-order valence-electron chi connectivity index (χ0n) is 13.9. The Balaban J connectivity index is 1.82. The van der Waals surface area contributed by atoms with Gasteiger partial charge in [-0.25, -0.2) is 13.4 Å². The first-order chi connectivity index (χ1) is 11.6. The molecule has 0 spiro atoms. The maximum absolute atomic E-state index is 13.0. The van der Waals surface area contributed by atoms with Crippen LogP contribution in [0.2, 0.25) is 0 Å². The van der Waals surface area contributed by atoms with Gasteiger partial charge in [-0.05, 0) is 6.08 Å². The third kappa shape index (κ3) is 3.61. The van der Waals surface area contributed by atoms with Crippen LogP contribution in [0, 0.1) is 0 Å². The summed E-state index contributed by atoms with van der Waals surface area (Å²) in [6.45, 7) is 10.1. The fourth-order valence-corrected chi connectivity index (χ4v) is 4.86. The number of ether oxygens (including phenoxy) is 1. The number of anilines is 1. The third-order valence-corrected chi connectivity index (χ3v) is 6.56. The Hall–Kier alpha value is -1.48. The van der Waals surface area contributed by atoms with Gasteiger partial charge in [0, 0.05) is 19.2 Å². The first-order valence-electron chi connectivity index (χ1n) is 8.40. The Bertz CT molecular complexity index is 666. The van der Waals surface area contributed by atoms with E-state index in [1.165, 1.54) is 9.21 Å². The number of hydrogen-bond donors (Lipinski definition) is 1. The molecule has 0 amide bonds. The number of pyridine rings is 1. The maximum Gasteiger partial charge on any atom is 0.251 e. The minimum absolute atomic E-state index is 0.360. The number of piperazine rings is 1. The number of rotatable bonds is 5. The quantitative estimate of drug-likeness (QED) is 0.648. The molecule has 7 nitrogen and oxygen atoms in total. The molecule has 0 aliphatic carbocycles. The Morgan fingerprint density at radius 1 is 1.25 bits per heavy atom. The van der Waals surface area contributed by atoms with Crippen LogP contribution >= 0.6 is 0 Å². The zero-order chi connectivity index (χ0) is 17.0. The number of H-pyrrole nitrogens is 1. The second-order valence-corrected chi connectivity index (χ2v) is 8.05. The lowest BCUT2D eigenvalue weighted by Crippen LogP contribution is -3.14. The van der Waals surface area contributed by atoms with Crippen LogP contribution in [0.1, 0.15) is 0 Å². The second-order valence-electron chi connectivity index (χ2n) is 6.14. The summed E-state index contributed by atoms with van der Waals surface area (Å²) in [6, 6.07) is 1.87. The van der Waals surface area contributed by atoms with Gasteiger partial charge in [0.1, 0.15) is 0 Å². The highest BCUT2D eigenvalue weighted by molar-refractivity contribution is 7.89. The fourth-order valence-electron chi connectivity index (χ4n) is 3.27. The van der Waals surface area contributed by atoms with Gasteiger partial charge in [0.05, 0.1) is 51.6 Å². The minimum Gasteiger partial charge on any atom is -0.379 e. The van der Waals surface area contributed by atoms with Gasteiger partial charge < -0.3 is 14.5 Å². The van der Waals surface area contributed by atoms with Gasteiger partial charge in [0.15, 0.2) is 17.3 Å². The highest BCUT2D eigenvalue weighted by atomic mass is 32.2. The number of hydrogen-bond acceptors (Lipinski definition) is 4. The monoisotopic (exact) mass is 354 g/mol. The van der Waals surface area contributed by atoms with E-state index in [0.717, 1.165) is 38.4 Å². The van der Waals surface area contributed by atoms with Crippen LogP contribution in [0.25, 0.3) is 0 Å². The van der Waals surface area contributed by atoms with Gasteiger partial charge in [0.2, 0.25) is 0 Å². The van der Waals surface area contributed by atoms with Crippen LogP contribution in [-0.4, -0.2) is 71.8 Å². The molecule has 24 heavy (non-hydrogen) atoms. The standard InChI is InChI=1S/C16H24N4O3S/c1-2-5-18-6-8-19(9-7-18)15-3-4-17-14-16(15)24(21,22)20-10-12-23-13-11-20/h2-4,14H,1,5-13H2/p+2. The predicted molar refractivity (Wildman–Crippen MR) is 90.5 cm³/mol. The van der Waals surface area contributed by atoms with Crippen LogP contribution < -0.4 is 14.8 Å². The van der Waals surface area contributed by atoms with E-state index in [0.29, 0.717) is 31.2 Å². The summed E-state index contributed by atoms with van der Waals surface area (Å²) in [7, 11) is -3.51. The number of sulfonamides is 1. The number of morpholine rings is 1. The molecule has 2 fully saturated rings. The lowest BCUT2D eigenvalue weighted by Gasteiger charge is -2.34. The van der Waals surface area contributed by atoms with Crippen LogP contribution in [0.15, 0.2) is 36.0 Å². The average Bonchev–Trinajstić information content (AvgIpc) is 2.63. The van der Waals surface area contributed by atoms with Crippen molar-refractivity contribution < 1.29 is 23.0 Å². The molecule has 0 saturated carbocycles. The molecule has 2 aliphatic heterocycles. The SMILES string of the molecule is C=CC[NH+]1CCN(c2cc[nH+]cc2S(=O)(=O)N2CCOCC2)CC1. The summed E-state index contributed by atoms with van der Waals surface area (Å²) in [5, 5.41) is 0. The number of quaternary nitrogens is 1. The van der Waals surface area contributed by atoms with Crippen molar-refractivity contribution in [2.75, 3.05) is 63.9 Å². The van der Waals surface area contributed by atoms with Crippen molar-refractivity contribution in [3.63, 3.8) is 0 Å². The van der Waals surface area contributed by atoms with Crippen LogP contribution in [0.4, 0.5) is 5.69 Å². The number of nitrogens with one attached hydrogen (secondary N) is 2. The Kier molecular flexibility index (Phi) is 5.50. The maximum atomic E-state index is 13.0. The van der Waals surface area contributed by atoms with Crippen molar-refractivity contribution in [2.45, 2.75) is 4.90 Å². The summed E-state index contributed by atoms with van der Waals surface area (Å²) < 4.78 is 32.8. The highest BCUT2D eigenvalue weighted by Gasteiger charge is 2.33. The van der Waals surface area contributed by atoms with E-state index >= 15 is 0 Å². The molecule has 0 bridgehead atoms. The van der Waals surface area contributed by atoms with Crippen molar-refractivity contribution in [3.05, 3.63) is 31.1 Å². The summed E-state index contributed by atoms with van der Waals surface area (Å²) in [5.41, 5.74) is 0.790. The molecular weight excluding hydrogens is 328 g/mol. The molecule has 3 heterocycles. The van der Waals surface area contributed by atoms with Crippen molar-refractivity contribution in [2.24, 2.45) is 0 Å². The Morgan fingerprint density at radius 3 is 2.62 bits per heavy atom. The molecular formula is C16H26N4O3S+2. The summed E-state index contributed by atoms with van der Waals surface area (Å²) >= 11 is 0. The van der Waals surface area contributed by atoms with Crippen LogP contribution in [-0.2, 0) is 14.8 Å². The van der Waals surface area contributed by atoms with Crippen molar-refractivity contribution in [3.8, 4) is 0 Å². The first-order valence-corrected chi connectivity index (χ1v) is 9.84. The molecule has 2 aliphatic rings. The Labute approximate surface area is 143 Å². The third-order valence-electron chi connectivity index (χ3n) is 4.64. The molecule has 0 radical (unpaired) electrons. The first kappa shape index (κ1) is 17.3. The molecule has 0 aromatic carbocycles. The fraction of sp³-hybridized carbons (Fsp3) is 0.562. The van der Waals surface area contributed by atoms with Crippen molar-refractivity contribution in [1.82, 2.24) is 4.31 Å². The van der Waals surface area contributed by atoms with Crippen LogP contribution in [0.3, 0.4) is 0 Å². The molecule has 2 N–H and O–H groups in total. The molecule has 3 rings (SSSR count). The summed E-state index contributed by atoms with van der Waals surface area (Å²) in [6.07, 6.45) is 5.33. The summed E-state index contributed by atoms with van der Waals surface area (Å²) in [5.74, 6) is 0. The van der Waals surface area contributed by atoms with Crippen molar-refractivity contribution in [1.29, 1.82) is 0 Å². The van der Waals surface area contributed by atoms with Gasteiger partial charge in [-0.2, -0.15) is 4.31 Å². The van der Waals surface area contributed by atoms with E-state index in [-0.39, 0.29) is 0 Å². The minimum atomic E-state index is -3.51. The van der Waals surface area contributed by atoms with Crippen LogP contribution in [0.5, 0.6) is 0 Å². The van der Waals surface area contributed by atoms with Gasteiger partial charge in [0.25, 0.3) is 10.0 Å². The van der Waals surface area contributed by atoms with E-state index in [2.05, 4.69) is 16.5 Å². The van der Waals surface area contributed by atoms with E-state index in [1.54, 1.807) is 12.4 Å². The van der Waals surface area contributed by atoms with E-state index < -0.39 is 10.0 Å². The smallest absolute Gasteiger partial charge is 0.251 e. The number of aromatic amines is 1. The highest BCUT2D eigenvalue weighted by Crippen LogP contribution is 2.26. The number of aromatic nitrogens is 1. The zero-order valence-corrected chi connectivity index (χ0v) is 14.7. The second kappa shape index (κ2) is 7.60. The van der Waals surface area contributed by atoms with Gasteiger partial charge >= 0.3 is 0 Å². The van der Waals surface area contributed by atoms with Gasteiger partial charge in [-0.1, -0.05) is 6.58 Å². The normalized spacial score (nSPS) is 20.9. The number of nitrogens with zero attached hydrogens (tertiary/aromatic N) is 2. The van der Waals surface area contributed by atoms with E-state index in [9.17, 15) is 8.42 Å². The lowest BCUT2D eigenvalue weighted by molar-refractivity contribution is -0.894. The van der Waals surface area contributed by atoms with Gasteiger partial charge in [-0.15, -0.1) is 0 Å². The topological polar surface area (TPSA) is 68.4 Å². The summed E-state index contributed by atoms with van der Waals surface area (Å²) in [4.78, 5) is 6.95. The van der Waals surface area contributed by atoms with E-state index in [1.807, 2.05) is 12.1 Å². The molecule has 1 aromatic heterocycles. The molecule has 8 heteroatoms. The van der Waals surface area contributed by atoms with E-state index in [4.69, 9.17) is 4.74 Å². The molecule has 1 aromatic rings. The molecule has 132 valence electrons. The molecule has 0 unspecified atom stereocenters. The molecule has 2 saturated heterocycles. The predicted octanol–water partition coefficient (Wildman–Crippen LogP) is -1.59.